The highest BCUT2D eigenvalue weighted by Gasteiger charge is 2.17. The Morgan fingerprint density at radius 2 is 2.00 bits per heavy atom. The fraction of sp³-hybridized carbons (Fsp3) is 0.417. The van der Waals surface area contributed by atoms with Gasteiger partial charge >= 0.3 is 5.97 Å². The Morgan fingerprint density at radius 1 is 1.39 bits per heavy atom. The number of carboxylic acids is 1. The van der Waals surface area contributed by atoms with Gasteiger partial charge in [-0.1, -0.05) is 0 Å². The first-order valence-electron chi connectivity index (χ1n) is 5.47. The molecule has 0 fully saturated rings. The molecule has 6 heteroatoms. The van der Waals surface area contributed by atoms with Gasteiger partial charge in [-0.25, -0.2) is 4.79 Å². The van der Waals surface area contributed by atoms with E-state index in [9.17, 15) is 9.59 Å². The highest BCUT2D eigenvalue weighted by molar-refractivity contribution is 5.78. The van der Waals surface area contributed by atoms with Crippen LogP contribution in [0.25, 0.3) is 0 Å². The molecule has 1 N–H and O–H groups in total. The number of aromatic nitrogens is 1. The third-order valence-corrected chi connectivity index (χ3v) is 2.61. The molecule has 1 rings (SSSR count). The molecule has 1 aromatic rings. The molecule has 1 unspecified atom stereocenters. The second kappa shape index (κ2) is 6.70. The van der Waals surface area contributed by atoms with Crippen molar-refractivity contribution < 1.29 is 19.4 Å². The van der Waals surface area contributed by atoms with Crippen molar-refractivity contribution in [2.45, 2.75) is 13.0 Å². The van der Waals surface area contributed by atoms with Gasteiger partial charge in [0.1, 0.15) is 13.2 Å². The maximum absolute atomic E-state index is 11.7. The Labute approximate surface area is 105 Å². The van der Waals surface area contributed by atoms with E-state index in [-0.39, 0.29) is 18.6 Å². The van der Waals surface area contributed by atoms with E-state index in [1.807, 2.05) is 19.1 Å². The molecule has 0 aliphatic carbocycles. The molecule has 1 amide bonds. The monoisotopic (exact) mass is 252 g/mol. The van der Waals surface area contributed by atoms with Gasteiger partial charge in [0.15, 0.2) is 0 Å². The highest BCUT2D eigenvalue weighted by atomic mass is 16.5. The first-order valence-corrected chi connectivity index (χ1v) is 5.47. The zero-order valence-corrected chi connectivity index (χ0v) is 10.4. The number of nitrogens with zero attached hydrogens (tertiary/aromatic N) is 2. The summed E-state index contributed by atoms with van der Waals surface area (Å²) in [7, 11) is 1.65. The van der Waals surface area contributed by atoms with Crippen molar-refractivity contribution in [2.24, 2.45) is 0 Å². The van der Waals surface area contributed by atoms with Gasteiger partial charge in [0.05, 0.1) is 6.04 Å². The van der Waals surface area contributed by atoms with Gasteiger partial charge in [-0.15, -0.1) is 0 Å². The molecule has 18 heavy (non-hydrogen) atoms. The molecule has 0 saturated heterocycles. The highest BCUT2D eigenvalue weighted by Crippen LogP contribution is 2.17. The van der Waals surface area contributed by atoms with Crippen LogP contribution in [-0.4, -0.2) is 47.1 Å². The lowest BCUT2D eigenvalue weighted by atomic mass is 10.1. The van der Waals surface area contributed by atoms with Crippen LogP contribution in [0.2, 0.25) is 0 Å². The van der Waals surface area contributed by atoms with Gasteiger partial charge in [0.2, 0.25) is 5.91 Å². The van der Waals surface area contributed by atoms with Crippen LogP contribution in [0.5, 0.6) is 0 Å². The van der Waals surface area contributed by atoms with Crippen molar-refractivity contribution in [3.8, 4) is 0 Å². The predicted octanol–water partition coefficient (Wildman–Crippen LogP) is 0.702. The summed E-state index contributed by atoms with van der Waals surface area (Å²) in [5.74, 6) is -1.35. The van der Waals surface area contributed by atoms with Crippen LogP contribution in [0.3, 0.4) is 0 Å². The molecule has 1 atom stereocenters. The van der Waals surface area contributed by atoms with Crippen LogP contribution in [0.15, 0.2) is 24.5 Å². The Balaban J connectivity index is 2.50. The standard InChI is InChI=1S/C12H16N2O4/c1-9(10-3-5-13-6-4-10)14(2)11(15)7-18-8-12(16)17/h3-6,9H,7-8H2,1-2H3,(H,16,17). The van der Waals surface area contributed by atoms with Crippen molar-refractivity contribution in [1.82, 2.24) is 9.88 Å². The van der Waals surface area contributed by atoms with Crippen LogP contribution in [0.1, 0.15) is 18.5 Å². The van der Waals surface area contributed by atoms with Crippen LogP contribution in [0.4, 0.5) is 0 Å². The number of likely N-dealkylation sites (N-methyl/N-ethyl adjacent to an activating group) is 1. The largest absolute Gasteiger partial charge is 0.480 e. The number of aliphatic carboxylic acids is 1. The fourth-order valence-corrected chi connectivity index (χ4v) is 1.41. The molecular formula is C12H16N2O4. The van der Waals surface area contributed by atoms with Crippen molar-refractivity contribution in [3.63, 3.8) is 0 Å². The smallest absolute Gasteiger partial charge is 0.329 e. The summed E-state index contributed by atoms with van der Waals surface area (Å²) in [4.78, 5) is 27.4. The molecule has 0 aliphatic heterocycles. The Bertz CT molecular complexity index is 408. The zero-order chi connectivity index (χ0) is 13.5. The minimum absolute atomic E-state index is 0.117. The molecule has 0 aromatic carbocycles. The number of hydrogen-bond donors (Lipinski definition) is 1. The molecule has 0 bridgehead atoms. The zero-order valence-electron chi connectivity index (χ0n) is 10.4. The Hall–Kier alpha value is -1.95. The van der Waals surface area contributed by atoms with E-state index in [0.717, 1.165) is 5.56 Å². The number of carboxylic acid groups (broad SMARTS) is 1. The maximum atomic E-state index is 11.7. The van der Waals surface area contributed by atoms with Crippen LogP contribution < -0.4 is 0 Å². The number of pyridine rings is 1. The fourth-order valence-electron chi connectivity index (χ4n) is 1.41. The third kappa shape index (κ3) is 4.14. The molecule has 98 valence electrons. The second-order valence-electron chi connectivity index (χ2n) is 3.85. The maximum Gasteiger partial charge on any atom is 0.329 e. The average Bonchev–Trinajstić information content (AvgIpc) is 2.37. The van der Waals surface area contributed by atoms with Crippen molar-refractivity contribution >= 4 is 11.9 Å². The van der Waals surface area contributed by atoms with E-state index in [2.05, 4.69) is 4.98 Å². The van der Waals surface area contributed by atoms with Crippen LogP contribution in [0, 0.1) is 0 Å². The lowest BCUT2D eigenvalue weighted by molar-refractivity contribution is -0.146. The average molecular weight is 252 g/mol. The van der Waals surface area contributed by atoms with E-state index < -0.39 is 12.6 Å². The van der Waals surface area contributed by atoms with E-state index in [4.69, 9.17) is 9.84 Å². The van der Waals surface area contributed by atoms with Crippen molar-refractivity contribution in [3.05, 3.63) is 30.1 Å². The number of carbonyl (C=O) groups is 2. The first kappa shape index (κ1) is 14.1. The first-order chi connectivity index (χ1) is 8.52. The lowest BCUT2D eigenvalue weighted by Gasteiger charge is -2.25. The van der Waals surface area contributed by atoms with Crippen molar-refractivity contribution in [2.75, 3.05) is 20.3 Å². The SMILES string of the molecule is CC(c1ccncc1)N(C)C(=O)COCC(=O)O. The molecule has 1 aromatic heterocycles. The molecule has 0 saturated carbocycles. The van der Waals surface area contributed by atoms with E-state index in [1.54, 1.807) is 19.4 Å². The minimum atomic E-state index is -1.09. The molecule has 0 radical (unpaired) electrons. The topological polar surface area (TPSA) is 79.7 Å². The molecule has 0 aliphatic rings. The minimum Gasteiger partial charge on any atom is -0.480 e. The number of rotatable bonds is 6. The molecule has 1 heterocycles. The third-order valence-electron chi connectivity index (χ3n) is 2.61. The summed E-state index contributed by atoms with van der Waals surface area (Å²) in [6.07, 6.45) is 3.32. The normalized spacial score (nSPS) is 11.9. The van der Waals surface area contributed by atoms with Gasteiger partial charge in [-0.3, -0.25) is 9.78 Å². The summed E-state index contributed by atoms with van der Waals surface area (Å²) in [5, 5.41) is 8.40. The molecule has 6 nitrogen and oxygen atoms in total. The summed E-state index contributed by atoms with van der Waals surface area (Å²) in [6.45, 7) is 1.17. The number of carbonyl (C=O) groups excluding carboxylic acids is 1. The summed E-state index contributed by atoms with van der Waals surface area (Å²) >= 11 is 0. The van der Waals surface area contributed by atoms with E-state index >= 15 is 0 Å². The van der Waals surface area contributed by atoms with E-state index in [0.29, 0.717) is 0 Å². The van der Waals surface area contributed by atoms with Gasteiger partial charge in [0.25, 0.3) is 0 Å². The van der Waals surface area contributed by atoms with Crippen LogP contribution in [-0.2, 0) is 14.3 Å². The predicted molar refractivity (Wildman–Crippen MR) is 63.9 cm³/mol. The van der Waals surface area contributed by atoms with Gasteiger partial charge < -0.3 is 14.7 Å². The molecular weight excluding hydrogens is 236 g/mol. The lowest BCUT2D eigenvalue weighted by Crippen LogP contribution is -2.33. The number of ether oxygens (including phenoxy) is 1. The Morgan fingerprint density at radius 3 is 2.56 bits per heavy atom. The van der Waals surface area contributed by atoms with Gasteiger partial charge in [-0.2, -0.15) is 0 Å². The van der Waals surface area contributed by atoms with Gasteiger partial charge in [-0.05, 0) is 24.6 Å². The molecule has 0 spiro atoms. The number of hydrogen-bond acceptors (Lipinski definition) is 4. The summed E-state index contributed by atoms with van der Waals surface area (Å²) < 4.78 is 4.76. The quantitative estimate of drug-likeness (QED) is 0.806. The van der Waals surface area contributed by atoms with Crippen LogP contribution >= 0.6 is 0 Å². The number of amides is 1. The summed E-state index contributed by atoms with van der Waals surface area (Å²) in [6, 6.07) is 3.54. The second-order valence-corrected chi connectivity index (χ2v) is 3.85. The summed E-state index contributed by atoms with van der Waals surface area (Å²) in [5.41, 5.74) is 0.957. The van der Waals surface area contributed by atoms with Gasteiger partial charge in [0, 0.05) is 19.4 Å². The van der Waals surface area contributed by atoms with Crippen molar-refractivity contribution in [1.29, 1.82) is 0 Å². The van der Waals surface area contributed by atoms with E-state index in [1.165, 1.54) is 4.90 Å². The Kier molecular flexibility index (Phi) is 5.26.